The third-order valence-corrected chi connectivity index (χ3v) is 5.03. The molecule has 0 amide bonds. The Labute approximate surface area is 122 Å². The average molecular weight is 317 g/mol. The van der Waals surface area contributed by atoms with Crippen LogP contribution in [-0.2, 0) is 0 Å². The van der Waals surface area contributed by atoms with Crippen molar-refractivity contribution in [2.45, 2.75) is 26.2 Å². The topological polar surface area (TPSA) is 17.1 Å². The van der Waals surface area contributed by atoms with Crippen LogP contribution in [0.4, 0.5) is 0 Å². The highest BCUT2D eigenvalue weighted by molar-refractivity contribution is 9.10. The minimum Gasteiger partial charge on any atom is -0.294 e. The fraction of sp³-hybridized carbons (Fsp3) is 0.353. The lowest BCUT2D eigenvalue weighted by molar-refractivity contribution is 0.0899. The van der Waals surface area contributed by atoms with Crippen LogP contribution in [0, 0.1) is 11.8 Å². The molecular weight excluding hydrogens is 300 g/mol. The lowest BCUT2D eigenvalue weighted by atomic mass is 9.87. The quantitative estimate of drug-likeness (QED) is 0.694. The summed E-state index contributed by atoms with van der Waals surface area (Å²) in [4.78, 5) is 12.8. The summed E-state index contributed by atoms with van der Waals surface area (Å²) in [6.07, 6.45) is 3.42. The third kappa shape index (κ3) is 2.23. The molecule has 2 aromatic carbocycles. The van der Waals surface area contributed by atoms with Crippen molar-refractivity contribution in [3.63, 3.8) is 0 Å². The molecule has 0 heterocycles. The van der Waals surface area contributed by atoms with Crippen LogP contribution < -0.4 is 0 Å². The molecule has 0 aliphatic heterocycles. The monoisotopic (exact) mass is 316 g/mol. The first-order valence-corrected chi connectivity index (χ1v) is 7.69. The van der Waals surface area contributed by atoms with Crippen LogP contribution in [0.25, 0.3) is 10.8 Å². The molecule has 3 rings (SSSR count). The van der Waals surface area contributed by atoms with E-state index in [-0.39, 0.29) is 5.92 Å². The van der Waals surface area contributed by atoms with Gasteiger partial charge in [-0.1, -0.05) is 53.5 Å². The van der Waals surface area contributed by atoms with Crippen molar-refractivity contribution < 1.29 is 4.79 Å². The normalized spacial score (nSPS) is 22.8. The molecule has 2 aromatic rings. The van der Waals surface area contributed by atoms with E-state index < -0.39 is 0 Å². The van der Waals surface area contributed by atoms with Crippen molar-refractivity contribution >= 4 is 32.5 Å². The second-order valence-electron chi connectivity index (χ2n) is 5.52. The predicted molar refractivity (Wildman–Crippen MR) is 82.5 cm³/mol. The van der Waals surface area contributed by atoms with Crippen LogP contribution in [0.3, 0.4) is 0 Å². The Morgan fingerprint density at radius 3 is 2.53 bits per heavy atom. The van der Waals surface area contributed by atoms with Gasteiger partial charge in [-0.25, -0.2) is 0 Å². The zero-order chi connectivity index (χ0) is 13.4. The maximum Gasteiger partial charge on any atom is 0.166 e. The zero-order valence-electron chi connectivity index (χ0n) is 11.0. The van der Waals surface area contributed by atoms with E-state index in [1.54, 1.807) is 0 Å². The van der Waals surface area contributed by atoms with Gasteiger partial charge in [0.2, 0.25) is 0 Å². The lowest BCUT2D eigenvalue weighted by Crippen LogP contribution is -2.17. The van der Waals surface area contributed by atoms with E-state index >= 15 is 0 Å². The smallest absolute Gasteiger partial charge is 0.166 e. The molecule has 1 aliphatic carbocycles. The van der Waals surface area contributed by atoms with E-state index in [1.807, 2.05) is 30.3 Å². The van der Waals surface area contributed by atoms with Crippen LogP contribution in [0.15, 0.2) is 40.9 Å². The molecule has 19 heavy (non-hydrogen) atoms. The summed E-state index contributed by atoms with van der Waals surface area (Å²) in [5, 5.41) is 2.19. The number of halogens is 1. The van der Waals surface area contributed by atoms with Crippen LogP contribution >= 0.6 is 15.9 Å². The number of fused-ring (bicyclic) bond motifs is 1. The predicted octanol–water partition coefficient (Wildman–Crippen LogP) is 5.22. The highest BCUT2D eigenvalue weighted by atomic mass is 79.9. The largest absolute Gasteiger partial charge is 0.294 e. The van der Waals surface area contributed by atoms with Gasteiger partial charge in [0.05, 0.1) is 0 Å². The number of Topliss-reactive ketones (excluding diaryl/α,β-unsaturated/α-hetero) is 1. The Bertz CT molecular complexity index is 632. The molecular formula is C17H17BrO. The summed E-state index contributed by atoms with van der Waals surface area (Å²) in [6, 6.07) is 12.1. The third-order valence-electron chi connectivity index (χ3n) is 4.33. The number of ketones is 1. The Balaban J connectivity index is 2.10. The second kappa shape index (κ2) is 5.09. The van der Waals surface area contributed by atoms with E-state index in [0.29, 0.717) is 11.7 Å². The molecule has 0 spiro atoms. The van der Waals surface area contributed by atoms with Crippen LogP contribution in [0.5, 0.6) is 0 Å². The van der Waals surface area contributed by atoms with Gasteiger partial charge in [0.15, 0.2) is 5.78 Å². The van der Waals surface area contributed by atoms with Crippen molar-refractivity contribution in [2.75, 3.05) is 0 Å². The second-order valence-corrected chi connectivity index (χ2v) is 6.37. The zero-order valence-corrected chi connectivity index (χ0v) is 12.6. The fourth-order valence-corrected chi connectivity index (χ4v) is 3.69. The Morgan fingerprint density at radius 1 is 1.11 bits per heavy atom. The Hall–Kier alpha value is -1.15. The van der Waals surface area contributed by atoms with Crippen molar-refractivity contribution in [3.05, 3.63) is 46.4 Å². The lowest BCUT2D eigenvalue weighted by Gasteiger charge is -2.15. The molecule has 1 saturated carbocycles. The van der Waals surface area contributed by atoms with Crippen LogP contribution in [-0.4, -0.2) is 5.78 Å². The average Bonchev–Trinajstić information content (AvgIpc) is 2.85. The van der Waals surface area contributed by atoms with Gasteiger partial charge < -0.3 is 0 Å². The summed E-state index contributed by atoms with van der Waals surface area (Å²) in [5.74, 6) is 1.06. The van der Waals surface area contributed by atoms with E-state index in [4.69, 9.17) is 0 Å². The van der Waals surface area contributed by atoms with Crippen LogP contribution in [0.2, 0.25) is 0 Å². The molecule has 98 valence electrons. The molecule has 0 radical (unpaired) electrons. The van der Waals surface area contributed by atoms with Crippen molar-refractivity contribution in [1.82, 2.24) is 0 Å². The minimum atomic E-state index is 0.213. The standard InChI is InChI=1S/C17H17BrO/c1-11-5-4-8-12(11)17(19)15-9-10-16(18)14-7-3-2-6-13(14)15/h2-3,6-7,9-12H,4-5,8H2,1H3. The number of carbonyl (C=O) groups excluding carboxylic acids is 1. The van der Waals surface area contributed by atoms with E-state index in [1.165, 1.54) is 12.8 Å². The van der Waals surface area contributed by atoms with Crippen molar-refractivity contribution in [1.29, 1.82) is 0 Å². The maximum absolute atomic E-state index is 12.8. The molecule has 0 bridgehead atoms. The van der Waals surface area contributed by atoms with Gasteiger partial charge >= 0.3 is 0 Å². The van der Waals surface area contributed by atoms with E-state index in [0.717, 1.165) is 27.2 Å². The SMILES string of the molecule is CC1CCCC1C(=O)c1ccc(Br)c2ccccc12. The first-order valence-electron chi connectivity index (χ1n) is 6.90. The number of carbonyl (C=O) groups is 1. The minimum absolute atomic E-state index is 0.213. The molecule has 0 N–H and O–H groups in total. The van der Waals surface area contributed by atoms with Gasteiger partial charge in [0, 0.05) is 16.0 Å². The van der Waals surface area contributed by atoms with Gasteiger partial charge in [-0.15, -0.1) is 0 Å². The highest BCUT2D eigenvalue weighted by Crippen LogP contribution is 2.36. The van der Waals surface area contributed by atoms with E-state index in [9.17, 15) is 4.79 Å². The van der Waals surface area contributed by atoms with Gasteiger partial charge in [0.25, 0.3) is 0 Å². The summed E-state index contributed by atoms with van der Waals surface area (Å²) >= 11 is 3.56. The number of rotatable bonds is 2. The van der Waals surface area contributed by atoms with Gasteiger partial charge in [-0.3, -0.25) is 4.79 Å². The van der Waals surface area contributed by atoms with Gasteiger partial charge in [-0.05, 0) is 41.7 Å². The molecule has 1 aliphatic rings. The first kappa shape index (κ1) is 12.9. The molecule has 0 aromatic heterocycles. The summed E-state index contributed by atoms with van der Waals surface area (Å²) in [5.41, 5.74) is 0.887. The molecule has 2 heteroatoms. The number of benzene rings is 2. The number of hydrogen-bond acceptors (Lipinski definition) is 1. The van der Waals surface area contributed by atoms with Gasteiger partial charge in [0.1, 0.15) is 0 Å². The highest BCUT2D eigenvalue weighted by Gasteiger charge is 2.31. The molecule has 2 unspecified atom stereocenters. The number of hydrogen-bond donors (Lipinski definition) is 0. The summed E-state index contributed by atoms with van der Waals surface area (Å²) in [7, 11) is 0. The van der Waals surface area contributed by atoms with Crippen LogP contribution in [0.1, 0.15) is 36.5 Å². The van der Waals surface area contributed by atoms with E-state index in [2.05, 4.69) is 28.9 Å². The van der Waals surface area contributed by atoms with Gasteiger partial charge in [-0.2, -0.15) is 0 Å². The Morgan fingerprint density at radius 2 is 1.84 bits per heavy atom. The molecule has 1 fully saturated rings. The first-order chi connectivity index (χ1) is 9.18. The molecule has 2 atom stereocenters. The van der Waals surface area contributed by atoms with Crippen molar-refractivity contribution in [3.8, 4) is 0 Å². The molecule has 0 saturated heterocycles. The maximum atomic E-state index is 12.8. The fourth-order valence-electron chi connectivity index (χ4n) is 3.21. The van der Waals surface area contributed by atoms with Crippen molar-refractivity contribution in [2.24, 2.45) is 11.8 Å². The summed E-state index contributed by atoms with van der Waals surface area (Å²) in [6.45, 7) is 2.20. The summed E-state index contributed by atoms with van der Waals surface area (Å²) < 4.78 is 1.05. The molecule has 1 nitrogen and oxygen atoms in total. The Kier molecular flexibility index (Phi) is 3.44.